The number of rotatable bonds is 4. The Labute approximate surface area is 116 Å². The zero-order chi connectivity index (χ0) is 13.5. The van der Waals surface area contributed by atoms with Crippen molar-refractivity contribution in [1.29, 1.82) is 0 Å². The Bertz CT molecular complexity index is 729. The van der Waals surface area contributed by atoms with Gasteiger partial charge in [-0.05, 0) is 37.1 Å². The summed E-state index contributed by atoms with van der Waals surface area (Å²) in [4.78, 5) is 6.70. The summed E-state index contributed by atoms with van der Waals surface area (Å²) in [6.45, 7) is 0.671. The number of nitrogen functional groups attached to an aromatic ring is 1. The molecule has 5 heteroatoms. The third-order valence-electron chi connectivity index (χ3n) is 3.58. The molecule has 1 aliphatic rings. The fourth-order valence-electron chi connectivity index (χ4n) is 2.39. The molecular weight excluding hydrogens is 254 g/mol. The Hall–Kier alpha value is -2.43. The van der Waals surface area contributed by atoms with Gasteiger partial charge in [0, 0.05) is 6.04 Å². The van der Waals surface area contributed by atoms with Crippen molar-refractivity contribution in [1.82, 2.24) is 4.98 Å². The second kappa shape index (κ2) is 4.30. The van der Waals surface area contributed by atoms with Gasteiger partial charge in [0.05, 0.1) is 18.5 Å². The Morgan fingerprint density at radius 1 is 1.25 bits per heavy atom. The van der Waals surface area contributed by atoms with Crippen molar-refractivity contribution in [3.8, 4) is 0 Å². The largest absolute Gasteiger partial charge is 0.467 e. The number of benzene rings is 1. The van der Waals surface area contributed by atoms with Crippen LogP contribution < -0.4 is 10.6 Å². The SMILES string of the molecule is Nc1cccc2oc(N(Cc3ccco3)C3CC3)nc12. The van der Waals surface area contributed by atoms with Crippen molar-refractivity contribution >= 4 is 22.8 Å². The fraction of sp³-hybridized carbons (Fsp3) is 0.267. The lowest BCUT2D eigenvalue weighted by Gasteiger charge is -2.18. The average Bonchev–Trinajstić information content (AvgIpc) is 2.99. The van der Waals surface area contributed by atoms with Crippen LogP contribution in [0.2, 0.25) is 0 Å². The summed E-state index contributed by atoms with van der Waals surface area (Å²) >= 11 is 0. The van der Waals surface area contributed by atoms with E-state index in [1.54, 1.807) is 6.26 Å². The molecule has 5 nitrogen and oxygen atoms in total. The molecule has 0 atom stereocenters. The molecule has 0 bridgehead atoms. The first kappa shape index (κ1) is 11.4. The summed E-state index contributed by atoms with van der Waals surface area (Å²) in [6, 6.07) is 10.6. The van der Waals surface area contributed by atoms with Crippen LogP contribution in [0.25, 0.3) is 11.1 Å². The molecule has 0 amide bonds. The van der Waals surface area contributed by atoms with Crippen molar-refractivity contribution in [2.24, 2.45) is 0 Å². The monoisotopic (exact) mass is 269 g/mol. The first-order valence-corrected chi connectivity index (χ1v) is 6.75. The van der Waals surface area contributed by atoms with E-state index in [2.05, 4.69) is 9.88 Å². The number of hydrogen-bond donors (Lipinski definition) is 1. The Morgan fingerprint density at radius 3 is 2.85 bits per heavy atom. The standard InChI is InChI=1S/C15H15N3O2/c16-12-4-1-5-13-14(12)17-15(20-13)18(10-6-7-10)9-11-3-2-8-19-11/h1-5,8,10H,6-7,9,16H2. The van der Waals surface area contributed by atoms with E-state index in [-0.39, 0.29) is 0 Å². The minimum Gasteiger partial charge on any atom is -0.467 e. The van der Waals surface area contributed by atoms with Gasteiger partial charge in [-0.1, -0.05) is 6.07 Å². The molecule has 20 heavy (non-hydrogen) atoms. The van der Waals surface area contributed by atoms with E-state index >= 15 is 0 Å². The van der Waals surface area contributed by atoms with Crippen LogP contribution in [-0.4, -0.2) is 11.0 Å². The number of para-hydroxylation sites is 1. The summed E-state index contributed by atoms with van der Waals surface area (Å²) in [5, 5.41) is 0. The van der Waals surface area contributed by atoms with Crippen molar-refractivity contribution in [3.63, 3.8) is 0 Å². The maximum Gasteiger partial charge on any atom is 0.299 e. The number of nitrogens with two attached hydrogens (primary N) is 1. The van der Waals surface area contributed by atoms with Gasteiger partial charge in [-0.2, -0.15) is 4.98 Å². The van der Waals surface area contributed by atoms with Crippen molar-refractivity contribution < 1.29 is 8.83 Å². The third kappa shape index (κ3) is 1.91. The van der Waals surface area contributed by atoms with Crippen LogP contribution in [0.3, 0.4) is 0 Å². The molecule has 2 heterocycles. The zero-order valence-electron chi connectivity index (χ0n) is 11.0. The molecular formula is C15H15N3O2. The van der Waals surface area contributed by atoms with Gasteiger partial charge in [-0.15, -0.1) is 0 Å². The van der Waals surface area contributed by atoms with Crippen LogP contribution in [0.1, 0.15) is 18.6 Å². The summed E-state index contributed by atoms with van der Waals surface area (Å²) in [6.07, 6.45) is 4.01. The Morgan fingerprint density at radius 2 is 2.15 bits per heavy atom. The minimum absolute atomic E-state index is 0.481. The molecule has 1 aliphatic carbocycles. The van der Waals surface area contributed by atoms with E-state index in [0.717, 1.165) is 29.7 Å². The average molecular weight is 269 g/mol. The van der Waals surface area contributed by atoms with Gasteiger partial charge in [0.15, 0.2) is 5.58 Å². The molecule has 102 valence electrons. The molecule has 0 radical (unpaired) electrons. The van der Waals surface area contributed by atoms with Crippen molar-refractivity contribution in [3.05, 3.63) is 42.4 Å². The lowest BCUT2D eigenvalue weighted by molar-refractivity contribution is 0.483. The Kier molecular flexibility index (Phi) is 2.45. The van der Waals surface area contributed by atoms with E-state index in [0.29, 0.717) is 24.3 Å². The van der Waals surface area contributed by atoms with Gasteiger partial charge in [0.2, 0.25) is 0 Å². The molecule has 3 aromatic rings. The number of anilines is 2. The van der Waals surface area contributed by atoms with Crippen molar-refractivity contribution in [2.75, 3.05) is 10.6 Å². The van der Waals surface area contributed by atoms with Crippen molar-refractivity contribution in [2.45, 2.75) is 25.4 Å². The maximum atomic E-state index is 5.94. The van der Waals surface area contributed by atoms with E-state index < -0.39 is 0 Å². The van der Waals surface area contributed by atoms with Crippen LogP contribution in [0.15, 0.2) is 45.4 Å². The Balaban J connectivity index is 1.72. The number of oxazole rings is 1. The second-order valence-electron chi connectivity index (χ2n) is 5.13. The van der Waals surface area contributed by atoms with Crippen LogP contribution in [-0.2, 0) is 6.54 Å². The number of aromatic nitrogens is 1. The van der Waals surface area contributed by atoms with Gasteiger partial charge in [-0.3, -0.25) is 0 Å². The lowest BCUT2D eigenvalue weighted by Crippen LogP contribution is -2.25. The van der Waals surface area contributed by atoms with E-state index in [1.165, 1.54) is 0 Å². The van der Waals surface area contributed by atoms with E-state index in [9.17, 15) is 0 Å². The summed E-state index contributed by atoms with van der Waals surface area (Å²) in [7, 11) is 0. The highest BCUT2D eigenvalue weighted by Crippen LogP contribution is 2.35. The molecule has 0 aliphatic heterocycles. The summed E-state index contributed by atoms with van der Waals surface area (Å²) < 4.78 is 11.3. The topological polar surface area (TPSA) is 68.4 Å². The van der Waals surface area contributed by atoms with E-state index in [4.69, 9.17) is 14.6 Å². The predicted octanol–water partition coefficient (Wildman–Crippen LogP) is 3.17. The highest BCUT2D eigenvalue weighted by atomic mass is 16.4. The quantitative estimate of drug-likeness (QED) is 0.737. The number of nitrogens with zero attached hydrogens (tertiary/aromatic N) is 2. The molecule has 0 saturated heterocycles. The van der Waals surface area contributed by atoms with Crippen LogP contribution >= 0.6 is 0 Å². The molecule has 4 rings (SSSR count). The molecule has 0 spiro atoms. The van der Waals surface area contributed by atoms with Crippen LogP contribution in [0.5, 0.6) is 0 Å². The first-order chi connectivity index (χ1) is 9.81. The van der Waals surface area contributed by atoms with Gasteiger partial charge in [0.25, 0.3) is 6.01 Å². The van der Waals surface area contributed by atoms with Gasteiger partial charge < -0.3 is 19.5 Å². The first-order valence-electron chi connectivity index (χ1n) is 6.75. The maximum absolute atomic E-state index is 5.94. The van der Waals surface area contributed by atoms with Crippen LogP contribution in [0.4, 0.5) is 11.7 Å². The van der Waals surface area contributed by atoms with Crippen LogP contribution in [0, 0.1) is 0 Å². The number of furan rings is 1. The molecule has 2 aromatic heterocycles. The molecule has 1 aromatic carbocycles. The van der Waals surface area contributed by atoms with Gasteiger partial charge >= 0.3 is 0 Å². The normalized spacial score (nSPS) is 14.8. The lowest BCUT2D eigenvalue weighted by atomic mass is 10.3. The zero-order valence-corrected chi connectivity index (χ0v) is 11.0. The number of fused-ring (bicyclic) bond motifs is 1. The van der Waals surface area contributed by atoms with E-state index in [1.807, 2.05) is 30.3 Å². The highest BCUT2D eigenvalue weighted by molar-refractivity contribution is 5.86. The fourth-order valence-corrected chi connectivity index (χ4v) is 2.39. The van der Waals surface area contributed by atoms with Gasteiger partial charge in [0.1, 0.15) is 11.3 Å². The molecule has 0 unspecified atom stereocenters. The predicted molar refractivity (Wildman–Crippen MR) is 76.3 cm³/mol. The third-order valence-corrected chi connectivity index (χ3v) is 3.58. The summed E-state index contributed by atoms with van der Waals surface area (Å²) in [5.41, 5.74) is 8.04. The second-order valence-corrected chi connectivity index (χ2v) is 5.13. The minimum atomic E-state index is 0.481. The summed E-state index contributed by atoms with van der Waals surface area (Å²) in [5.74, 6) is 0.909. The smallest absolute Gasteiger partial charge is 0.299 e. The highest BCUT2D eigenvalue weighted by Gasteiger charge is 2.33. The molecule has 2 N–H and O–H groups in total. The molecule has 1 fully saturated rings. The molecule has 1 saturated carbocycles. The number of hydrogen-bond acceptors (Lipinski definition) is 5. The van der Waals surface area contributed by atoms with Gasteiger partial charge in [-0.25, -0.2) is 0 Å².